The lowest BCUT2D eigenvalue weighted by Gasteiger charge is -2.18. The molecule has 0 bridgehead atoms. The molecule has 1 aliphatic rings. The third kappa shape index (κ3) is 3.74. The lowest BCUT2D eigenvalue weighted by molar-refractivity contribution is -0.130. The first-order valence-corrected chi connectivity index (χ1v) is 7.87. The second-order valence-corrected chi connectivity index (χ2v) is 5.96. The van der Waals surface area contributed by atoms with Crippen LogP contribution in [0.15, 0.2) is 35.6 Å². The molecule has 2 heterocycles. The Kier molecular flexibility index (Phi) is 4.52. The number of halogens is 1. The molecule has 2 amide bonds. The molecule has 0 radical (unpaired) electrons. The predicted octanol–water partition coefficient (Wildman–Crippen LogP) is 2.62. The number of anilines is 1. The number of aromatic nitrogens is 1. The number of hydrazone groups is 1. The van der Waals surface area contributed by atoms with Crippen molar-refractivity contribution in [1.29, 1.82) is 0 Å². The van der Waals surface area contributed by atoms with Crippen LogP contribution in [0.2, 0.25) is 0 Å². The van der Waals surface area contributed by atoms with Gasteiger partial charge in [-0.2, -0.15) is 5.10 Å². The average Bonchev–Trinajstić information content (AvgIpc) is 2.97. The van der Waals surface area contributed by atoms with Crippen LogP contribution in [0.1, 0.15) is 12.8 Å². The minimum Gasteiger partial charge on any atom is -0.445 e. The van der Waals surface area contributed by atoms with Crippen molar-refractivity contribution in [2.45, 2.75) is 12.8 Å². The Balaban J connectivity index is 1.65. The van der Waals surface area contributed by atoms with Crippen molar-refractivity contribution >= 4 is 34.0 Å². The third-order valence-electron chi connectivity index (χ3n) is 3.19. The van der Waals surface area contributed by atoms with E-state index in [-0.39, 0.29) is 24.5 Å². The molecule has 24 heavy (non-hydrogen) atoms. The van der Waals surface area contributed by atoms with Crippen LogP contribution in [0.3, 0.4) is 0 Å². The number of rotatable bonds is 4. The Morgan fingerprint density at radius 1 is 1.42 bits per heavy atom. The van der Waals surface area contributed by atoms with Crippen molar-refractivity contribution in [1.82, 2.24) is 9.99 Å². The second kappa shape index (κ2) is 6.75. The molecule has 7 nitrogen and oxygen atoms in total. The van der Waals surface area contributed by atoms with Gasteiger partial charge >= 0.3 is 0 Å². The van der Waals surface area contributed by atoms with E-state index in [0.717, 1.165) is 16.3 Å². The zero-order valence-corrected chi connectivity index (χ0v) is 13.5. The van der Waals surface area contributed by atoms with Crippen LogP contribution in [-0.4, -0.2) is 34.6 Å². The summed E-state index contributed by atoms with van der Waals surface area (Å²) in [6.45, 7) is 0. The molecule has 2 aromatic rings. The summed E-state index contributed by atoms with van der Waals surface area (Å²) in [6, 6.07) is 5.72. The molecule has 9 heteroatoms. The van der Waals surface area contributed by atoms with Gasteiger partial charge in [-0.15, -0.1) is 0 Å². The average molecular weight is 348 g/mol. The van der Waals surface area contributed by atoms with Crippen molar-refractivity contribution in [3.05, 3.63) is 36.3 Å². The van der Waals surface area contributed by atoms with E-state index in [1.54, 1.807) is 6.07 Å². The molecule has 0 saturated carbocycles. The smallest absolute Gasteiger partial charge is 0.273 e. The maximum Gasteiger partial charge on any atom is 0.273 e. The van der Waals surface area contributed by atoms with Gasteiger partial charge in [0.05, 0.1) is 6.20 Å². The summed E-state index contributed by atoms with van der Waals surface area (Å²) in [5.41, 5.74) is 0.264. The number of nitrogens with zero attached hydrogens (tertiary/aromatic N) is 3. The fourth-order valence-corrected chi connectivity index (χ4v) is 2.70. The van der Waals surface area contributed by atoms with Gasteiger partial charge in [-0.1, -0.05) is 17.4 Å². The number of amides is 2. The standard InChI is InChI=1S/C15H13FN4O3S/c1-20-12(21)6-5-11(19-20)14(22)18-15-17-8-13(24-15)23-10-4-2-3-9(16)7-10/h2-4,7-8H,5-6H2,1H3,(H,17,18,22). The Labute approximate surface area is 140 Å². The van der Waals surface area contributed by atoms with Gasteiger partial charge in [-0.3, -0.25) is 14.9 Å². The number of hydrogen-bond acceptors (Lipinski definition) is 6. The van der Waals surface area contributed by atoms with Crippen LogP contribution in [0, 0.1) is 5.82 Å². The molecule has 0 saturated heterocycles. The zero-order valence-electron chi connectivity index (χ0n) is 12.7. The summed E-state index contributed by atoms with van der Waals surface area (Å²) < 4.78 is 18.6. The van der Waals surface area contributed by atoms with Gasteiger partial charge in [0.1, 0.15) is 17.3 Å². The van der Waals surface area contributed by atoms with Crippen LogP contribution in [-0.2, 0) is 9.59 Å². The van der Waals surface area contributed by atoms with Gasteiger partial charge in [-0.25, -0.2) is 14.4 Å². The van der Waals surface area contributed by atoms with Crippen LogP contribution in [0.4, 0.5) is 9.52 Å². The number of hydrogen-bond donors (Lipinski definition) is 1. The largest absolute Gasteiger partial charge is 0.445 e. The summed E-state index contributed by atoms with van der Waals surface area (Å²) in [4.78, 5) is 27.5. The number of ether oxygens (including phenoxy) is 1. The summed E-state index contributed by atoms with van der Waals surface area (Å²) in [5.74, 6) is -0.611. The number of benzene rings is 1. The number of nitrogens with one attached hydrogen (secondary N) is 1. The normalized spacial score (nSPS) is 14.3. The summed E-state index contributed by atoms with van der Waals surface area (Å²) in [7, 11) is 1.50. The van der Waals surface area contributed by atoms with Gasteiger partial charge in [0.15, 0.2) is 5.13 Å². The molecule has 124 valence electrons. The Bertz CT molecular complexity index is 821. The molecule has 0 atom stereocenters. The zero-order chi connectivity index (χ0) is 17.1. The van der Waals surface area contributed by atoms with Crippen molar-refractivity contribution in [3.8, 4) is 10.8 Å². The highest BCUT2D eigenvalue weighted by molar-refractivity contribution is 7.17. The summed E-state index contributed by atoms with van der Waals surface area (Å²) >= 11 is 1.10. The van der Waals surface area contributed by atoms with Gasteiger partial charge in [0.2, 0.25) is 11.0 Å². The van der Waals surface area contributed by atoms with Crippen LogP contribution >= 0.6 is 11.3 Å². The first-order valence-electron chi connectivity index (χ1n) is 7.06. The number of carbonyl (C=O) groups excluding carboxylic acids is 2. The van der Waals surface area contributed by atoms with Crippen molar-refractivity contribution in [2.24, 2.45) is 5.10 Å². The van der Waals surface area contributed by atoms with Crippen LogP contribution < -0.4 is 10.1 Å². The second-order valence-electron chi connectivity index (χ2n) is 4.96. The predicted molar refractivity (Wildman–Crippen MR) is 86.7 cm³/mol. The highest BCUT2D eigenvalue weighted by Gasteiger charge is 2.22. The van der Waals surface area contributed by atoms with Crippen LogP contribution in [0.25, 0.3) is 0 Å². The van der Waals surface area contributed by atoms with E-state index in [1.807, 2.05) is 0 Å². The molecule has 0 spiro atoms. The molecule has 1 aromatic heterocycles. The molecule has 1 N–H and O–H groups in total. The maximum absolute atomic E-state index is 13.1. The van der Waals surface area contributed by atoms with Gasteiger partial charge < -0.3 is 4.74 Å². The molecular formula is C15H13FN4O3S. The fourth-order valence-electron chi connectivity index (χ4n) is 2.01. The molecule has 0 aliphatic carbocycles. The number of thiazole rings is 1. The topological polar surface area (TPSA) is 83.9 Å². The monoisotopic (exact) mass is 348 g/mol. The van der Waals surface area contributed by atoms with E-state index < -0.39 is 11.7 Å². The Morgan fingerprint density at radius 3 is 3.00 bits per heavy atom. The van der Waals surface area contributed by atoms with Gasteiger partial charge in [0, 0.05) is 26.0 Å². The summed E-state index contributed by atoms with van der Waals surface area (Å²) in [5, 5.41) is 8.44. The van der Waals surface area contributed by atoms with Gasteiger partial charge in [-0.05, 0) is 12.1 Å². The van der Waals surface area contributed by atoms with E-state index >= 15 is 0 Å². The number of carbonyl (C=O) groups is 2. The SMILES string of the molecule is CN1N=C(C(=O)Nc2ncc(Oc3cccc(F)c3)s2)CCC1=O. The molecular weight excluding hydrogens is 335 g/mol. The highest BCUT2D eigenvalue weighted by Crippen LogP contribution is 2.30. The molecule has 1 aromatic carbocycles. The van der Waals surface area contributed by atoms with E-state index in [2.05, 4.69) is 15.4 Å². The molecule has 1 aliphatic heterocycles. The minimum absolute atomic E-state index is 0.133. The van der Waals surface area contributed by atoms with Crippen molar-refractivity contribution < 1.29 is 18.7 Å². The molecule has 3 rings (SSSR count). The summed E-state index contributed by atoms with van der Waals surface area (Å²) in [6.07, 6.45) is 1.96. The first-order chi connectivity index (χ1) is 11.5. The van der Waals surface area contributed by atoms with E-state index in [0.29, 0.717) is 15.9 Å². The van der Waals surface area contributed by atoms with Crippen molar-refractivity contribution in [2.75, 3.05) is 12.4 Å². The molecule has 0 fully saturated rings. The Morgan fingerprint density at radius 2 is 2.25 bits per heavy atom. The fraction of sp³-hybridized carbons (Fsp3) is 0.200. The maximum atomic E-state index is 13.1. The molecule has 0 unspecified atom stereocenters. The van der Waals surface area contributed by atoms with Crippen LogP contribution in [0.5, 0.6) is 10.8 Å². The quantitative estimate of drug-likeness (QED) is 0.920. The van der Waals surface area contributed by atoms with E-state index in [1.165, 1.54) is 31.4 Å². The third-order valence-corrected chi connectivity index (χ3v) is 3.98. The highest BCUT2D eigenvalue weighted by atomic mass is 32.1. The lowest BCUT2D eigenvalue weighted by atomic mass is 10.1. The van der Waals surface area contributed by atoms with E-state index in [4.69, 9.17) is 4.74 Å². The lowest BCUT2D eigenvalue weighted by Crippen LogP contribution is -2.34. The van der Waals surface area contributed by atoms with Gasteiger partial charge in [0.25, 0.3) is 5.91 Å². The van der Waals surface area contributed by atoms with E-state index in [9.17, 15) is 14.0 Å². The first kappa shape index (κ1) is 16.1. The van der Waals surface area contributed by atoms with Crippen molar-refractivity contribution in [3.63, 3.8) is 0 Å². The Hall–Kier alpha value is -2.81. The minimum atomic E-state index is -0.416.